The van der Waals surface area contributed by atoms with Crippen LogP contribution < -0.4 is 5.32 Å². The van der Waals surface area contributed by atoms with Crippen molar-refractivity contribution in [1.29, 1.82) is 0 Å². The molecular weight excluding hydrogens is 431 g/mol. The lowest BCUT2D eigenvalue weighted by molar-refractivity contribution is -0.146. The molecule has 0 aliphatic heterocycles. The lowest BCUT2D eigenvalue weighted by Gasteiger charge is -2.17. The zero-order chi connectivity index (χ0) is 23.1. The van der Waals surface area contributed by atoms with Gasteiger partial charge in [0, 0.05) is 11.7 Å². The van der Waals surface area contributed by atoms with Crippen LogP contribution in [-0.2, 0) is 14.3 Å². The molecule has 0 aliphatic rings. The smallest absolute Gasteiger partial charge is 0.316 e. The fourth-order valence-corrected chi connectivity index (χ4v) is 3.51. The molecule has 168 valence electrons. The highest BCUT2D eigenvalue weighted by Gasteiger charge is 2.20. The summed E-state index contributed by atoms with van der Waals surface area (Å²) in [5, 5.41) is 11.5. The highest BCUT2D eigenvalue weighted by molar-refractivity contribution is 7.99. The molecule has 2 aromatic carbocycles. The Morgan fingerprint density at radius 1 is 1.06 bits per heavy atom. The molecule has 1 heterocycles. The van der Waals surface area contributed by atoms with Crippen LogP contribution in [0.25, 0.3) is 17.1 Å². The number of hydrogen-bond acceptors (Lipinski definition) is 6. The van der Waals surface area contributed by atoms with E-state index in [9.17, 15) is 14.0 Å². The third-order valence-electron chi connectivity index (χ3n) is 4.83. The Bertz CT molecular complexity index is 1070. The highest BCUT2D eigenvalue weighted by Crippen LogP contribution is 2.29. The zero-order valence-corrected chi connectivity index (χ0v) is 18.9. The number of para-hydroxylation sites is 1. The van der Waals surface area contributed by atoms with E-state index in [2.05, 4.69) is 15.5 Å². The maximum atomic E-state index is 14.4. The van der Waals surface area contributed by atoms with Crippen LogP contribution in [0.4, 0.5) is 4.39 Å². The number of nitrogens with one attached hydrogen (secondary N) is 1. The summed E-state index contributed by atoms with van der Waals surface area (Å²) in [5.74, 6) is -0.800. The molecule has 0 fully saturated rings. The number of nitrogens with zero attached hydrogens (tertiary/aromatic N) is 3. The molecule has 0 saturated carbocycles. The Morgan fingerprint density at radius 2 is 1.75 bits per heavy atom. The van der Waals surface area contributed by atoms with E-state index in [1.165, 1.54) is 6.07 Å². The Kier molecular flexibility index (Phi) is 7.99. The van der Waals surface area contributed by atoms with Crippen molar-refractivity contribution in [1.82, 2.24) is 20.1 Å². The molecule has 7 nitrogen and oxygen atoms in total. The summed E-state index contributed by atoms with van der Waals surface area (Å²) in [7, 11) is 0. The molecule has 32 heavy (non-hydrogen) atoms. The number of rotatable bonds is 9. The molecule has 0 saturated heterocycles. The third-order valence-corrected chi connectivity index (χ3v) is 5.74. The maximum Gasteiger partial charge on any atom is 0.316 e. The van der Waals surface area contributed by atoms with Crippen molar-refractivity contribution < 1.29 is 18.7 Å². The van der Waals surface area contributed by atoms with E-state index in [-0.39, 0.29) is 30.2 Å². The molecule has 0 aliphatic carbocycles. The monoisotopic (exact) mass is 456 g/mol. The van der Waals surface area contributed by atoms with E-state index in [4.69, 9.17) is 4.74 Å². The van der Waals surface area contributed by atoms with Crippen molar-refractivity contribution in [2.24, 2.45) is 5.92 Å². The molecular formula is C23H25FN4O3S. The van der Waals surface area contributed by atoms with Crippen LogP contribution in [0.1, 0.15) is 20.8 Å². The Balaban J connectivity index is 1.71. The summed E-state index contributed by atoms with van der Waals surface area (Å²) in [6.45, 7) is 5.53. The minimum Gasteiger partial charge on any atom is -0.455 e. The van der Waals surface area contributed by atoms with Gasteiger partial charge in [0.1, 0.15) is 5.82 Å². The average Bonchev–Trinajstić information content (AvgIpc) is 3.20. The molecule has 9 heteroatoms. The number of carbonyl (C=O) groups excluding carboxylic acids is 2. The van der Waals surface area contributed by atoms with Gasteiger partial charge >= 0.3 is 5.97 Å². The predicted molar refractivity (Wildman–Crippen MR) is 121 cm³/mol. The van der Waals surface area contributed by atoms with E-state index in [1.807, 2.05) is 51.1 Å². The van der Waals surface area contributed by atoms with Crippen molar-refractivity contribution >= 4 is 23.6 Å². The van der Waals surface area contributed by atoms with Crippen molar-refractivity contribution in [3.8, 4) is 17.1 Å². The number of esters is 1. The number of ether oxygens (including phenoxy) is 1. The summed E-state index contributed by atoms with van der Waals surface area (Å²) in [4.78, 5) is 24.1. The van der Waals surface area contributed by atoms with Gasteiger partial charge in [-0.1, -0.05) is 55.9 Å². The first-order valence-electron chi connectivity index (χ1n) is 10.2. The molecule has 3 rings (SSSR count). The average molecular weight is 457 g/mol. The lowest BCUT2D eigenvalue weighted by atomic mass is 10.1. The zero-order valence-electron chi connectivity index (χ0n) is 18.1. The number of amides is 1. The van der Waals surface area contributed by atoms with Gasteiger partial charge in [0.05, 0.1) is 11.3 Å². The van der Waals surface area contributed by atoms with Gasteiger partial charge in [-0.15, -0.1) is 10.2 Å². The van der Waals surface area contributed by atoms with Gasteiger partial charge in [0.25, 0.3) is 5.91 Å². The number of aromatic nitrogens is 3. The van der Waals surface area contributed by atoms with Gasteiger partial charge in [0.2, 0.25) is 0 Å². The van der Waals surface area contributed by atoms with Crippen LogP contribution in [0.15, 0.2) is 59.8 Å². The van der Waals surface area contributed by atoms with Crippen LogP contribution in [0, 0.1) is 11.7 Å². The van der Waals surface area contributed by atoms with Gasteiger partial charge in [-0.05, 0) is 37.1 Å². The summed E-state index contributed by atoms with van der Waals surface area (Å²) < 4.78 is 21.2. The topological polar surface area (TPSA) is 86.1 Å². The quantitative estimate of drug-likeness (QED) is 0.389. The first-order valence-corrected chi connectivity index (χ1v) is 11.2. The number of halogens is 1. The highest BCUT2D eigenvalue weighted by atomic mass is 32.2. The van der Waals surface area contributed by atoms with Gasteiger partial charge in [-0.25, -0.2) is 4.39 Å². The maximum absolute atomic E-state index is 14.4. The van der Waals surface area contributed by atoms with Crippen LogP contribution >= 0.6 is 11.8 Å². The van der Waals surface area contributed by atoms with Gasteiger partial charge in [-0.3, -0.25) is 14.2 Å². The number of thioether (sulfide) groups is 1. The van der Waals surface area contributed by atoms with Crippen molar-refractivity contribution in [2.45, 2.75) is 32.0 Å². The second-order valence-corrected chi connectivity index (χ2v) is 8.45. The van der Waals surface area contributed by atoms with Gasteiger partial charge < -0.3 is 10.1 Å². The largest absolute Gasteiger partial charge is 0.455 e. The summed E-state index contributed by atoms with van der Waals surface area (Å²) >= 11 is 1.10. The third kappa shape index (κ3) is 5.94. The van der Waals surface area contributed by atoms with Crippen LogP contribution in [0.3, 0.4) is 0 Å². The molecule has 1 amide bonds. The van der Waals surface area contributed by atoms with E-state index >= 15 is 0 Å². The fraction of sp³-hybridized carbons (Fsp3) is 0.304. The van der Waals surface area contributed by atoms with E-state index in [0.717, 1.165) is 17.4 Å². The van der Waals surface area contributed by atoms with Crippen molar-refractivity contribution in [3.05, 3.63) is 60.4 Å². The van der Waals surface area contributed by atoms with Crippen LogP contribution in [-0.4, -0.2) is 45.0 Å². The van der Waals surface area contributed by atoms with E-state index in [1.54, 1.807) is 22.8 Å². The second kappa shape index (κ2) is 10.9. The van der Waals surface area contributed by atoms with Crippen LogP contribution in [0.2, 0.25) is 0 Å². The molecule has 1 atom stereocenters. The van der Waals surface area contributed by atoms with E-state index < -0.39 is 11.8 Å². The Hall–Kier alpha value is -3.20. The minimum atomic E-state index is -0.558. The molecule has 0 bridgehead atoms. The van der Waals surface area contributed by atoms with Crippen LogP contribution in [0.5, 0.6) is 0 Å². The van der Waals surface area contributed by atoms with Crippen molar-refractivity contribution in [3.63, 3.8) is 0 Å². The lowest BCUT2D eigenvalue weighted by Crippen LogP contribution is -2.38. The molecule has 0 radical (unpaired) electrons. The minimum absolute atomic E-state index is 0.0168. The fourth-order valence-electron chi connectivity index (χ4n) is 2.76. The van der Waals surface area contributed by atoms with Gasteiger partial charge in [0.15, 0.2) is 17.6 Å². The molecule has 0 spiro atoms. The number of hydrogen-bond donors (Lipinski definition) is 1. The SMILES string of the molecule is CC(C)C(C)NC(=O)COC(=O)CSc1nnc(-c2ccccc2F)n1-c1ccccc1. The summed E-state index contributed by atoms with van der Waals surface area (Å²) in [5.41, 5.74) is 1.03. The number of carbonyl (C=O) groups is 2. The second-order valence-electron chi connectivity index (χ2n) is 7.51. The predicted octanol–water partition coefficient (Wildman–Crippen LogP) is 3.87. The Morgan fingerprint density at radius 3 is 2.44 bits per heavy atom. The standard InChI is InChI=1S/C23H25FN4O3S/c1-15(2)16(3)25-20(29)13-31-21(30)14-32-23-27-26-22(18-11-7-8-12-19(18)24)28(23)17-9-5-4-6-10-17/h4-12,15-16H,13-14H2,1-3H3,(H,25,29). The Labute approximate surface area is 190 Å². The number of benzene rings is 2. The first-order chi connectivity index (χ1) is 15.4. The molecule has 1 aromatic heterocycles. The van der Waals surface area contributed by atoms with Crippen molar-refractivity contribution in [2.75, 3.05) is 12.4 Å². The summed E-state index contributed by atoms with van der Waals surface area (Å²) in [6, 6.07) is 15.5. The normalized spacial score (nSPS) is 11.9. The first kappa shape index (κ1) is 23.5. The molecule has 1 unspecified atom stereocenters. The molecule has 3 aromatic rings. The summed E-state index contributed by atoms with van der Waals surface area (Å²) in [6.07, 6.45) is 0. The van der Waals surface area contributed by atoms with E-state index in [0.29, 0.717) is 16.5 Å². The molecule has 1 N–H and O–H groups in total. The van der Waals surface area contributed by atoms with Gasteiger partial charge in [-0.2, -0.15) is 0 Å².